The molecule has 0 spiro atoms. The maximum absolute atomic E-state index is 13.9. The fourth-order valence-electron chi connectivity index (χ4n) is 4.96. The van der Waals surface area contributed by atoms with Gasteiger partial charge < -0.3 is 4.74 Å². The van der Waals surface area contributed by atoms with E-state index in [1.807, 2.05) is 0 Å². The Balaban J connectivity index is 1.42. The monoisotopic (exact) mass is 381 g/mol. The molecule has 2 bridgehead atoms. The average molecular weight is 381 g/mol. The number of piperidine rings is 2. The fraction of sp³-hybridized carbons (Fsp3) is 0.458. The lowest BCUT2D eigenvalue weighted by molar-refractivity contribution is -0.126. The third-order valence-corrected chi connectivity index (χ3v) is 6.38. The molecule has 2 atom stereocenters. The lowest BCUT2D eigenvalue weighted by Crippen LogP contribution is -2.52. The number of hydrogen-bond donors (Lipinski definition) is 0. The molecule has 148 valence electrons. The van der Waals surface area contributed by atoms with Crippen molar-refractivity contribution in [1.29, 1.82) is 0 Å². The minimum absolute atomic E-state index is 0.0903. The number of carbonyl (C=O) groups excluding carboxylic acids is 1. The van der Waals surface area contributed by atoms with Crippen LogP contribution in [-0.2, 0) is 17.8 Å². The van der Waals surface area contributed by atoms with Crippen LogP contribution < -0.4 is 4.74 Å². The quantitative estimate of drug-likeness (QED) is 0.721. The molecule has 4 heteroatoms. The summed E-state index contributed by atoms with van der Waals surface area (Å²) in [5.41, 5.74) is 2.08. The van der Waals surface area contributed by atoms with E-state index in [9.17, 15) is 9.18 Å². The second-order valence-electron chi connectivity index (χ2n) is 8.18. The topological polar surface area (TPSA) is 29.5 Å². The molecule has 0 amide bonds. The minimum atomic E-state index is -0.401. The molecule has 2 aliphatic rings. The van der Waals surface area contributed by atoms with Crippen molar-refractivity contribution in [3.05, 3.63) is 65.5 Å². The number of nitrogens with zero attached hydrogens (tertiary/aromatic N) is 1. The smallest absolute Gasteiger partial charge is 0.165 e. The second kappa shape index (κ2) is 8.44. The van der Waals surface area contributed by atoms with Crippen molar-refractivity contribution >= 4 is 5.78 Å². The van der Waals surface area contributed by atoms with E-state index in [4.69, 9.17) is 4.74 Å². The van der Waals surface area contributed by atoms with Gasteiger partial charge in [-0.1, -0.05) is 42.8 Å². The number of methoxy groups -OCH3 is 1. The van der Waals surface area contributed by atoms with E-state index in [0.717, 1.165) is 24.9 Å². The van der Waals surface area contributed by atoms with Crippen LogP contribution in [0, 0.1) is 11.7 Å². The lowest BCUT2D eigenvalue weighted by atomic mass is 9.75. The molecular weight excluding hydrogens is 353 g/mol. The van der Waals surface area contributed by atoms with Gasteiger partial charge in [0.05, 0.1) is 7.11 Å². The van der Waals surface area contributed by atoms with Crippen molar-refractivity contribution in [2.24, 2.45) is 5.92 Å². The highest BCUT2D eigenvalue weighted by Crippen LogP contribution is 2.38. The number of carbonyl (C=O) groups is 1. The Kier molecular flexibility index (Phi) is 5.77. The number of ketones is 1. The van der Waals surface area contributed by atoms with Gasteiger partial charge in [0, 0.05) is 31.0 Å². The normalized spacial score (nSPS) is 24.7. The van der Waals surface area contributed by atoms with Crippen molar-refractivity contribution in [2.75, 3.05) is 7.11 Å². The highest BCUT2D eigenvalue weighted by molar-refractivity contribution is 5.83. The Bertz CT molecular complexity index is 809. The Morgan fingerprint density at radius 3 is 2.43 bits per heavy atom. The van der Waals surface area contributed by atoms with Crippen LogP contribution in [0.5, 0.6) is 5.75 Å². The van der Waals surface area contributed by atoms with Crippen LogP contribution in [0.4, 0.5) is 4.39 Å². The highest BCUT2D eigenvalue weighted by atomic mass is 19.1. The van der Waals surface area contributed by atoms with Crippen LogP contribution in [-0.4, -0.2) is 29.9 Å². The second-order valence-corrected chi connectivity index (χ2v) is 8.18. The molecule has 2 saturated heterocycles. The molecule has 0 N–H and O–H groups in total. The molecule has 2 heterocycles. The third-order valence-electron chi connectivity index (χ3n) is 6.38. The van der Waals surface area contributed by atoms with Crippen molar-refractivity contribution in [1.82, 2.24) is 4.90 Å². The zero-order valence-electron chi connectivity index (χ0n) is 16.4. The SMILES string of the molecule is COc1ccc(CC(=O)C2CC3CCCC(C2)N3Cc2ccccc2)cc1F. The van der Waals surface area contributed by atoms with Crippen LogP contribution in [0.3, 0.4) is 0 Å². The molecule has 4 rings (SSSR count). The minimum Gasteiger partial charge on any atom is -0.494 e. The first kappa shape index (κ1) is 19.1. The third kappa shape index (κ3) is 4.12. The highest BCUT2D eigenvalue weighted by Gasteiger charge is 2.40. The Labute approximate surface area is 166 Å². The molecular formula is C24H28FNO2. The van der Waals surface area contributed by atoms with E-state index >= 15 is 0 Å². The first-order chi connectivity index (χ1) is 13.6. The summed E-state index contributed by atoms with van der Waals surface area (Å²) < 4.78 is 18.9. The Hall–Kier alpha value is -2.20. The number of benzene rings is 2. The first-order valence-electron chi connectivity index (χ1n) is 10.3. The first-order valence-corrected chi connectivity index (χ1v) is 10.3. The van der Waals surface area contributed by atoms with Gasteiger partial charge in [-0.25, -0.2) is 4.39 Å². The molecule has 3 nitrogen and oxygen atoms in total. The van der Waals surface area contributed by atoms with Gasteiger partial charge in [-0.2, -0.15) is 0 Å². The summed E-state index contributed by atoms with van der Waals surface area (Å²) in [5, 5.41) is 0. The van der Waals surface area contributed by atoms with E-state index in [1.54, 1.807) is 12.1 Å². The number of fused-ring (bicyclic) bond motifs is 2. The van der Waals surface area contributed by atoms with E-state index in [-0.39, 0.29) is 17.5 Å². The van der Waals surface area contributed by atoms with Gasteiger partial charge in [0.15, 0.2) is 11.6 Å². The number of rotatable bonds is 6. The van der Waals surface area contributed by atoms with E-state index in [2.05, 4.69) is 35.2 Å². The fourth-order valence-corrected chi connectivity index (χ4v) is 4.96. The summed E-state index contributed by atoms with van der Waals surface area (Å²) in [5.74, 6) is 0.163. The summed E-state index contributed by atoms with van der Waals surface area (Å²) in [6.07, 6.45) is 5.77. The van der Waals surface area contributed by atoms with Gasteiger partial charge in [-0.05, 0) is 48.9 Å². The zero-order chi connectivity index (χ0) is 19.5. The van der Waals surface area contributed by atoms with Crippen molar-refractivity contribution in [3.8, 4) is 5.75 Å². The summed E-state index contributed by atoms with van der Waals surface area (Å²) >= 11 is 0. The summed E-state index contributed by atoms with van der Waals surface area (Å²) in [6.45, 7) is 0.973. The Morgan fingerprint density at radius 1 is 1.07 bits per heavy atom. The van der Waals surface area contributed by atoms with Crippen LogP contribution in [0.15, 0.2) is 48.5 Å². The maximum Gasteiger partial charge on any atom is 0.165 e. The largest absolute Gasteiger partial charge is 0.494 e. The van der Waals surface area contributed by atoms with Crippen LogP contribution in [0.2, 0.25) is 0 Å². The standard InChI is InChI=1S/C24H28FNO2/c1-28-24-11-10-18(12-22(24)25)13-23(27)19-14-20-8-5-9-21(15-19)26(20)16-17-6-3-2-4-7-17/h2-4,6-7,10-12,19-21H,5,8-9,13-16H2,1H3. The predicted octanol–water partition coefficient (Wildman–Crippen LogP) is 4.78. The molecule has 2 unspecified atom stereocenters. The average Bonchev–Trinajstić information content (AvgIpc) is 2.68. The van der Waals surface area contributed by atoms with Gasteiger partial charge in [0.1, 0.15) is 5.78 Å². The van der Waals surface area contributed by atoms with E-state index in [0.29, 0.717) is 18.5 Å². The predicted molar refractivity (Wildman–Crippen MR) is 108 cm³/mol. The van der Waals surface area contributed by atoms with Gasteiger partial charge >= 0.3 is 0 Å². The molecule has 2 aromatic rings. The zero-order valence-corrected chi connectivity index (χ0v) is 16.4. The molecule has 0 aliphatic carbocycles. The van der Waals surface area contributed by atoms with E-state index in [1.165, 1.54) is 38.0 Å². The summed E-state index contributed by atoms with van der Waals surface area (Å²) in [4.78, 5) is 15.6. The molecule has 0 aromatic heterocycles. The van der Waals surface area contributed by atoms with Gasteiger partial charge in [0.2, 0.25) is 0 Å². The van der Waals surface area contributed by atoms with Gasteiger partial charge in [0.25, 0.3) is 0 Å². The molecule has 2 fully saturated rings. The maximum atomic E-state index is 13.9. The van der Waals surface area contributed by atoms with Crippen LogP contribution >= 0.6 is 0 Å². The lowest BCUT2D eigenvalue weighted by Gasteiger charge is -2.48. The molecule has 2 aromatic carbocycles. The molecule has 28 heavy (non-hydrogen) atoms. The number of halogens is 1. The van der Waals surface area contributed by atoms with Gasteiger partial charge in [-0.15, -0.1) is 0 Å². The number of ether oxygens (including phenoxy) is 1. The number of Topliss-reactive ketones (excluding diaryl/α,β-unsaturated/α-hetero) is 1. The van der Waals surface area contributed by atoms with Crippen molar-refractivity contribution in [2.45, 2.75) is 57.2 Å². The van der Waals surface area contributed by atoms with Crippen LogP contribution in [0.1, 0.15) is 43.2 Å². The van der Waals surface area contributed by atoms with Crippen molar-refractivity contribution < 1.29 is 13.9 Å². The Morgan fingerprint density at radius 2 is 1.79 bits per heavy atom. The molecule has 0 saturated carbocycles. The van der Waals surface area contributed by atoms with Crippen molar-refractivity contribution in [3.63, 3.8) is 0 Å². The molecule has 2 aliphatic heterocycles. The summed E-state index contributed by atoms with van der Waals surface area (Å²) in [7, 11) is 1.45. The van der Waals surface area contributed by atoms with E-state index < -0.39 is 5.82 Å². The van der Waals surface area contributed by atoms with Gasteiger partial charge in [-0.3, -0.25) is 9.69 Å². The molecule has 0 radical (unpaired) electrons. The summed E-state index contributed by atoms with van der Waals surface area (Å²) in [6, 6.07) is 16.4. The number of hydrogen-bond acceptors (Lipinski definition) is 3. The van der Waals surface area contributed by atoms with Crippen LogP contribution in [0.25, 0.3) is 0 Å².